The molecule has 1 aliphatic heterocycles. The molecule has 1 heterocycles. The number of likely N-dealkylation sites (tertiary alicyclic amines) is 1. The van der Waals surface area contributed by atoms with Gasteiger partial charge in [-0.1, -0.05) is 33.6 Å². The maximum Gasteiger partial charge on any atom is 0.239 e. The van der Waals surface area contributed by atoms with Crippen molar-refractivity contribution in [1.29, 1.82) is 0 Å². The molecule has 1 saturated heterocycles. The molecule has 130 valence electrons. The molecule has 22 heavy (non-hydrogen) atoms. The summed E-state index contributed by atoms with van der Waals surface area (Å²) in [6.45, 7) is 15.7. The molecule has 2 N–H and O–H groups in total. The van der Waals surface area contributed by atoms with Gasteiger partial charge in [0, 0.05) is 5.54 Å². The van der Waals surface area contributed by atoms with Crippen LogP contribution in [0.15, 0.2) is 0 Å². The van der Waals surface area contributed by atoms with Gasteiger partial charge in [-0.05, 0) is 46.0 Å². The van der Waals surface area contributed by atoms with Crippen molar-refractivity contribution >= 4 is 5.91 Å². The molecule has 1 atom stereocenters. The Morgan fingerprint density at radius 3 is 2.14 bits per heavy atom. The van der Waals surface area contributed by atoms with Crippen LogP contribution in [0.5, 0.6) is 0 Å². The molecule has 1 unspecified atom stereocenters. The average Bonchev–Trinajstić information content (AvgIpc) is 2.26. The van der Waals surface area contributed by atoms with Gasteiger partial charge in [0.05, 0.1) is 24.7 Å². The van der Waals surface area contributed by atoms with Crippen LogP contribution in [0.1, 0.15) is 74.1 Å². The van der Waals surface area contributed by atoms with E-state index in [1.807, 2.05) is 0 Å². The van der Waals surface area contributed by atoms with Crippen molar-refractivity contribution in [3.05, 3.63) is 0 Å². The fourth-order valence-electron chi connectivity index (χ4n) is 2.94. The molecule has 0 radical (unpaired) electrons. The van der Waals surface area contributed by atoms with Gasteiger partial charge in [0.25, 0.3) is 0 Å². The second-order valence-corrected chi connectivity index (χ2v) is 9.44. The SMILES string of the molecule is CC(C)(C)CCCCC(NC(C)(C)C)C(=O)N1CC(C)(O)C1. The minimum absolute atomic E-state index is 0.0856. The zero-order valence-corrected chi connectivity index (χ0v) is 15.6. The van der Waals surface area contributed by atoms with E-state index in [1.165, 1.54) is 6.42 Å². The summed E-state index contributed by atoms with van der Waals surface area (Å²) in [5.41, 5.74) is -0.431. The number of carbonyl (C=O) groups is 1. The largest absolute Gasteiger partial charge is 0.386 e. The first-order valence-corrected chi connectivity index (χ1v) is 8.58. The lowest BCUT2D eigenvalue weighted by Gasteiger charge is -2.46. The predicted octanol–water partition coefficient (Wildman–Crippen LogP) is 2.94. The smallest absolute Gasteiger partial charge is 0.239 e. The molecular weight excluding hydrogens is 276 g/mol. The second kappa shape index (κ2) is 6.88. The van der Waals surface area contributed by atoms with Gasteiger partial charge < -0.3 is 15.3 Å². The van der Waals surface area contributed by atoms with Gasteiger partial charge in [0.1, 0.15) is 0 Å². The van der Waals surface area contributed by atoms with Crippen molar-refractivity contribution in [3.8, 4) is 0 Å². The Bertz CT molecular complexity index is 370. The van der Waals surface area contributed by atoms with Crippen molar-refractivity contribution in [1.82, 2.24) is 10.2 Å². The van der Waals surface area contributed by atoms with Crippen LogP contribution in [0.4, 0.5) is 0 Å². The van der Waals surface area contributed by atoms with Crippen LogP contribution < -0.4 is 5.32 Å². The van der Waals surface area contributed by atoms with E-state index in [4.69, 9.17) is 0 Å². The van der Waals surface area contributed by atoms with Gasteiger partial charge in [0.15, 0.2) is 0 Å². The summed E-state index contributed by atoms with van der Waals surface area (Å²) < 4.78 is 0. The summed E-state index contributed by atoms with van der Waals surface area (Å²) in [5, 5.41) is 13.3. The number of carbonyl (C=O) groups excluding carboxylic acids is 1. The summed E-state index contributed by atoms with van der Waals surface area (Å²) in [6.07, 6.45) is 4.25. The Labute approximate surface area is 136 Å². The molecular formula is C18H36N2O2. The van der Waals surface area contributed by atoms with Crippen LogP contribution in [-0.2, 0) is 4.79 Å². The quantitative estimate of drug-likeness (QED) is 0.741. The van der Waals surface area contributed by atoms with Crippen molar-refractivity contribution in [2.24, 2.45) is 5.41 Å². The van der Waals surface area contributed by atoms with E-state index in [0.29, 0.717) is 18.5 Å². The Kier molecular flexibility index (Phi) is 6.07. The van der Waals surface area contributed by atoms with Crippen molar-refractivity contribution in [2.75, 3.05) is 13.1 Å². The number of hydrogen-bond donors (Lipinski definition) is 2. The molecule has 0 spiro atoms. The molecule has 0 saturated carbocycles. The van der Waals surface area contributed by atoms with E-state index in [1.54, 1.807) is 11.8 Å². The standard InChI is InChI=1S/C18H36N2O2/c1-16(2,3)11-9-8-10-14(19-17(4,5)6)15(21)20-12-18(7,22)13-20/h14,19,22H,8-13H2,1-7H3. The lowest BCUT2D eigenvalue weighted by Crippen LogP contribution is -2.65. The summed E-state index contributed by atoms with van der Waals surface area (Å²) in [7, 11) is 0. The van der Waals surface area contributed by atoms with Gasteiger partial charge in [0.2, 0.25) is 5.91 Å². The molecule has 1 fully saturated rings. The Morgan fingerprint density at radius 1 is 1.18 bits per heavy atom. The topological polar surface area (TPSA) is 52.6 Å². The zero-order valence-electron chi connectivity index (χ0n) is 15.6. The average molecular weight is 312 g/mol. The third-order valence-corrected chi connectivity index (χ3v) is 3.95. The molecule has 0 aliphatic carbocycles. The molecule has 0 aromatic carbocycles. The molecule has 1 amide bonds. The van der Waals surface area contributed by atoms with Crippen LogP contribution >= 0.6 is 0 Å². The van der Waals surface area contributed by atoms with Gasteiger partial charge >= 0.3 is 0 Å². The number of β-amino-alcohol motifs (C(OH)–C–C–N with tert-alkyl or cyclic N) is 1. The van der Waals surface area contributed by atoms with Crippen LogP contribution in [0.3, 0.4) is 0 Å². The highest BCUT2D eigenvalue weighted by molar-refractivity contribution is 5.83. The van der Waals surface area contributed by atoms with E-state index >= 15 is 0 Å². The van der Waals surface area contributed by atoms with Crippen molar-refractivity contribution in [3.63, 3.8) is 0 Å². The van der Waals surface area contributed by atoms with E-state index in [2.05, 4.69) is 46.9 Å². The molecule has 4 heteroatoms. The number of nitrogens with zero attached hydrogens (tertiary/aromatic N) is 1. The van der Waals surface area contributed by atoms with E-state index in [-0.39, 0.29) is 17.5 Å². The van der Waals surface area contributed by atoms with Crippen LogP contribution in [0, 0.1) is 5.41 Å². The van der Waals surface area contributed by atoms with Crippen LogP contribution in [-0.4, -0.2) is 46.2 Å². The van der Waals surface area contributed by atoms with Crippen LogP contribution in [0.25, 0.3) is 0 Å². The van der Waals surface area contributed by atoms with E-state index in [0.717, 1.165) is 19.3 Å². The molecule has 0 bridgehead atoms. The van der Waals surface area contributed by atoms with E-state index in [9.17, 15) is 9.90 Å². The van der Waals surface area contributed by atoms with Gasteiger partial charge in [-0.3, -0.25) is 4.79 Å². The Hall–Kier alpha value is -0.610. The number of nitrogens with one attached hydrogen (secondary N) is 1. The Balaban J connectivity index is 2.51. The lowest BCUT2D eigenvalue weighted by molar-refractivity contribution is -0.155. The fraction of sp³-hybridized carbons (Fsp3) is 0.944. The fourth-order valence-corrected chi connectivity index (χ4v) is 2.94. The number of rotatable bonds is 6. The first kappa shape index (κ1) is 19.4. The molecule has 4 nitrogen and oxygen atoms in total. The lowest BCUT2D eigenvalue weighted by atomic mass is 9.88. The minimum Gasteiger partial charge on any atom is -0.386 e. The minimum atomic E-state index is -0.700. The summed E-state index contributed by atoms with van der Waals surface area (Å²) in [4.78, 5) is 14.4. The van der Waals surface area contributed by atoms with Gasteiger partial charge in [-0.15, -0.1) is 0 Å². The predicted molar refractivity (Wildman–Crippen MR) is 91.8 cm³/mol. The zero-order chi connectivity index (χ0) is 17.2. The second-order valence-electron chi connectivity index (χ2n) is 9.44. The normalized spacial score (nSPS) is 19.7. The van der Waals surface area contributed by atoms with E-state index < -0.39 is 5.60 Å². The molecule has 1 aliphatic rings. The van der Waals surface area contributed by atoms with Gasteiger partial charge in [-0.2, -0.15) is 0 Å². The maximum atomic E-state index is 12.6. The number of hydrogen-bond acceptors (Lipinski definition) is 3. The van der Waals surface area contributed by atoms with Crippen molar-refractivity contribution < 1.29 is 9.90 Å². The third-order valence-electron chi connectivity index (χ3n) is 3.95. The summed E-state index contributed by atoms with van der Waals surface area (Å²) in [6, 6.07) is -0.143. The molecule has 0 aromatic heterocycles. The molecule has 1 rings (SSSR count). The van der Waals surface area contributed by atoms with Gasteiger partial charge in [-0.25, -0.2) is 0 Å². The number of unbranched alkanes of at least 4 members (excludes halogenated alkanes) is 1. The summed E-state index contributed by atoms with van der Waals surface area (Å²) in [5.74, 6) is 0.136. The highest BCUT2D eigenvalue weighted by Gasteiger charge is 2.41. The summed E-state index contributed by atoms with van der Waals surface area (Å²) >= 11 is 0. The Morgan fingerprint density at radius 2 is 1.73 bits per heavy atom. The monoisotopic (exact) mass is 312 g/mol. The first-order valence-electron chi connectivity index (χ1n) is 8.58. The first-order chi connectivity index (χ1) is 9.79. The third kappa shape index (κ3) is 7.10. The van der Waals surface area contributed by atoms with Crippen LogP contribution in [0.2, 0.25) is 0 Å². The van der Waals surface area contributed by atoms with Crippen molar-refractivity contribution in [2.45, 2.75) is 91.3 Å². The highest BCUT2D eigenvalue weighted by atomic mass is 16.3. The number of amides is 1. The highest BCUT2D eigenvalue weighted by Crippen LogP contribution is 2.24. The molecule has 0 aromatic rings. The maximum absolute atomic E-state index is 12.6. The number of aliphatic hydroxyl groups is 1.